The smallest absolute Gasteiger partial charge is 0.311 e. The van der Waals surface area contributed by atoms with Crippen LogP contribution in [-0.2, 0) is 4.79 Å². The molecule has 30 heavy (non-hydrogen) atoms. The van der Waals surface area contributed by atoms with Crippen LogP contribution in [0.3, 0.4) is 0 Å². The van der Waals surface area contributed by atoms with E-state index in [-0.39, 0.29) is 6.04 Å². The van der Waals surface area contributed by atoms with E-state index in [1.54, 1.807) is 12.1 Å². The van der Waals surface area contributed by atoms with E-state index in [0.29, 0.717) is 42.4 Å². The summed E-state index contributed by atoms with van der Waals surface area (Å²) in [6, 6.07) is 13.0. The van der Waals surface area contributed by atoms with Crippen molar-refractivity contribution in [3.8, 4) is 11.5 Å². The molecule has 0 amide bonds. The molecule has 0 radical (unpaired) electrons. The first-order chi connectivity index (χ1) is 14.5. The van der Waals surface area contributed by atoms with Crippen molar-refractivity contribution in [2.24, 2.45) is 10.4 Å². The molecule has 2 aromatic rings. The molecule has 0 aliphatic carbocycles. The van der Waals surface area contributed by atoms with Crippen molar-refractivity contribution < 1.29 is 14.6 Å². The fourth-order valence-corrected chi connectivity index (χ4v) is 4.61. The second-order valence-corrected chi connectivity index (χ2v) is 8.20. The Morgan fingerprint density at radius 2 is 2.03 bits per heavy atom. The van der Waals surface area contributed by atoms with Gasteiger partial charge in [-0.15, -0.1) is 0 Å². The van der Waals surface area contributed by atoms with Crippen molar-refractivity contribution in [2.45, 2.75) is 32.7 Å². The molecule has 1 saturated heterocycles. The van der Waals surface area contributed by atoms with Gasteiger partial charge < -0.3 is 20.1 Å². The maximum atomic E-state index is 12.2. The van der Waals surface area contributed by atoms with Crippen LogP contribution in [0.25, 0.3) is 0 Å². The Balaban J connectivity index is 1.77. The van der Waals surface area contributed by atoms with E-state index in [1.165, 1.54) is 0 Å². The molecule has 2 aromatic carbocycles. The minimum absolute atomic E-state index is 0.184. The SMILES string of the molecule is CCC(CC)(C(=O)O)[C@H]1CN(C2=Nc3cc(Cl)ccc3Oc3ccccc32)CCN1. The number of para-hydroxylation sites is 1. The second-order valence-electron chi connectivity index (χ2n) is 7.77. The van der Waals surface area contributed by atoms with Crippen LogP contribution in [0.15, 0.2) is 47.5 Å². The van der Waals surface area contributed by atoms with Crippen LogP contribution in [0.1, 0.15) is 32.3 Å². The maximum Gasteiger partial charge on any atom is 0.311 e. The van der Waals surface area contributed by atoms with Gasteiger partial charge in [0.1, 0.15) is 17.3 Å². The van der Waals surface area contributed by atoms with Gasteiger partial charge in [-0.3, -0.25) is 4.79 Å². The Morgan fingerprint density at radius 3 is 2.77 bits per heavy atom. The lowest BCUT2D eigenvalue weighted by molar-refractivity contribution is -0.152. The molecule has 158 valence electrons. The Kier molecular flexibility index (Phi) is 5.71. The topological polar surface area (TPSA) is 74.2 Å². The van der Waals surface area contributed by atoms with Gasteiger partial charge in [0, 0.05) is 30.7 Å². The van der Waals surface area contributed by atoms with Crippen molar-refractivity contribution in [2.75, 3.05) is 19.6 Å². The first-order valence-corrected chi connectivity index (χ1v) is 10.7. The van der Waals surface area contributed by atoms with Crippen molar-refractivity contribution in [1.29, 1.82) is 0 Å². The normalized spacial score (nSPS) is 18.6. The molecule has 0 saturated carbocycles. The van der Waals surface area contributed by atoms with Crippen molar-refractivity contribution in [1.82, 2.24) is 10.2 Å². The molecule has 0 unspecified atom stereocenters. The molecule has 0 spiro atoms. The van der Waals surface area contributed by atoms with E-state index in [0.717, 1.165) is 23.7 Å². The quantitative estimate of drug-likeness (QED) is 0.740. The monoisotopic (exact) mass is 427 g/mol. The number of carboxylic acids is 1. The second kappa shape index (κ2) is 8.28. The van der Waals surface area contributed by atoms with Gasteiger partial charge >= 0.3 is 5.97 Å². The summed E-state index contributed by atoms with van der Waals surface area (Å²) in [5.41, 5.74) is 0.736. The van der Waals surface area contributed by atoms with Crippen LogP contribution >= 0.6 is 11.6 Å². The van der Waals surface area contributed by atoms with Crippen molar-refractivity contribution in [3.05, 3.63) is 53.1 Å². The Hall–Kier alpha value is -2.57. The number of aliphatic imine (C=N–C) groups is 1. The van der Waals surface area contributed by atoms with Crippen LogP contribution in [0.4, 0.5) is 5.69 Å². The number of carbonyl (C=O) groups is 1. The molecular formula is C23H26ClN3O3. The predicted octanol–water partition coefficient (Wildman–Crippen LogP) is 4.69. The number of ether oxygens (including phenoxy) is 1. The van der Waals surface area contributed by atoms with Gasteiger partial charge in [0.15, 0.2) is 5.75 Å². The summed E-state index contributed by atoms with van der Waals surface area (Å²) in [4.78, 5) is 19.3. The van der Waals surface area contributed by atoms with E-state index in [4.69, 9.17) is 21.3 Å². The Morgan fingerprint density at radius 1 is 1.27 bits per heavy atom. The van der Waals surface area contributed by atoms with Gasteiger partial charge in [-0.2, -0.15) is 0 Å². The fourth-order valence-electron chi connectivity index (χ4n) is 4.45. The summed E-state index contributed by atoms with van der Waals surface area (Å²) in [7, 11) is 0. The highest BCUT2D eigenvalue weighted by molar-refractivity contribution is 6.31. The Labute approximate surface area is 181 Å². The summed E-state index contributed by atoms with van der Waals surface area (Å²) < 4.78 is 6.14. The summed E-state index contributed by atoms with van der Waals surface area (Å²) in [5.74, 6) is 1.40. The Bertz CT molecular complexity index is 987. The first kappa shape index (κ1) is 20.7. The van der Waals surface area contributed by atoms with E-state index in [1.807, 2.05) is 44.2 Å². The molecule has 2 heterocycles. The largest absolute Gasteiger partial charge is 0.481 e. The number of nitrogens with zero attached hydrogens (tertiary/aromatic N) is 2. The number of rotatable bonds is 4. The number of halogens is 1. The number of nitrogens with one attached hydrogen (secondary N) is 1. The third-order valence-corrected chi connectivity index (χ3v) is 6.56. The molecule has 6 nitrogen and oxygen atoms in total. The van der Waals surface area contributed by atoms with Gasteiger partial charge in [0.2, 0.25) is 0 Å². The van der Waals surface area contributed by atoms with E-state index >= 15 is 0 Å². The van der Waals surface area contributed by atoms with Gasteiger partial charge in [-0.05, 0) is 43.2 Å². The number of carboxylic acid groups (broad SMARTS) is 1. The van der Waals surface area contributed by atoms with Crippen LogP contribution in [-0.4, -0.2) is 47.5 Å². The molecule has 2 N–H and O–H groups in total. The molecule has 4 rings (SSSR count). The number of benzene rings is 2. The van der Waals surface area contributed by atoms with Gasteiger partial charge in [-0.25, -0.2) is 4.99 Å². The lowest BCUT2D eigenvalue weighted by Crippen LogP contribution is -2.61. The van der Waals surface area contributed by atoms with Gasteiger partial charge in [0.25, 0.3) is 0 Å². The van der Waals surface area contributed by atoms with Crippen molar-refractivity contribution in [3.63, 3.8) is 0 Å². The molecule has 1 fully saturated rings. The number of piperazine rings is 1. The van der Waals surface area contributed by atoms with Gasteiger partial charge in [0.05, 0.1) is 11.0 Å². The van der Waals surface area contributed by atoms with Crippen molar-refractivity contribution >= 4 is 29.1 Å². The van der Waals surface area contributed by atoms with Gasteiger partial charge in [-0.1, -0.05) is 37.6 Å². The minimum atomic E-state index is -0.818. The number of hydrogen-bond donors (Lipinski definition) is 2. The average Bonchev–Trinajstić information content (AvgIpc) is 2.91. The van der Waals surface area contributed by atoms with Crippen LogP contribution < -0.4 is 10.1 Å². The minimum Gasteiger partial charge on any atom is -0.481 e. The number of amidine groups is 1. The standard InChI is InChI=1S/C23H26ClN3O3/c1-3-23(4-2,22(28)29)20-14-27(12-11-25-20)21-16-7-5-6-8-18(16)30-19-10-9-15(24)13-17(19)26-21/h5-10,13,20,25H,3-4,11-12,14H2,1-2H3,(H,28,29)/t20-/m1/s1. The molecule has 0 aromatic heterocycles. The summed E-state index contributed by atoms with van der Waals surface area (Å²) in [6.07, 6.45) is 1.13. The highest BCUT2D eigenvalue weighted by Crippen LogP contribution is 2.40. The molecule has 1 atom stereocenters. The fraction of sp³-hybridized carbons (Fsp3) is 0.391. The highest BCUT2D eigenvalue weighted by Gasteiger charge is 2.45. The lowest BCUT2D eigenvalue weighted by Gasteiger charge is -2.43. The number of hydrogen-bond acceptors (Lipinski definition) is 5. The van der Waals surface area contributed by atoms with E-state index in [9.17, 15) is 9.90 Å². The van der Waals surface area contributed by atoms with Crippen LogP contribution in [0.2, 0.25) is 5.02 Å². The molecule has 7 heteroatoms. The summed E-state index contributed by atoms with van der Waals surface area (Å²) >= 11 is 6.22. The zero-order valence-corrected chi connectivity index (χ0v) is 17.9. The van der Waals surface area contributed by atoms with E-state index in [2.05, 4.69) is 10.2 Å². The molecular weight excluding hydrogens is 402 g/mol. The molecule has 0 bridgehead atoms. The van der Waals surface area contributed by atoms with E-state index < -0.39 is 11.4 Å². The summed E-state index contributed by atoms with van der Waals surface area (Å²) in [5, 5.41) is 14.1. The van der Waals surface area contributed by atoms with Crippen LogP contribution in [0, 0.1) is 5.41 Å². The third-order valence-electron chi connectivity index (χ3n) is 6.32. The highest BCUT2D eigenvalue weighted by atomic mass is 35.5. The molecule has 2 aliphatic rings. The molecule has 2 aliphatic heterocycles. The number of aliphatic carboxylic acids is 1. The maximum absolute atomic E-state index is 12.2. The summed E-state index contributed by atoms with van der Waals surface area (Å²) in [6.45, 7) is 5.86. The predicted molar refractivity (Wildman–Crippen MR) is 118 cm³/mol. The third kappa shape index (κ3) is 3.55. The zero-order valence-electron chi connectivity index (χ0n) is 17.2. The van der Waals surface area contributed by atoms with Crippen LogP contribution in [0.5, 0.6) is 11.5 Å². The number of fused-ring (bicyclic) bond motifs is 2. The average molecular weight is 428 g/mol. The lowest BCUT2D eigenvalue weighted by atomic mass is 9.74. The zero-order chi connectivity index (χ0) is 21.3. The first-order valence-electron chi connectivity index (χ1n) is 10.4.